The highest BCUT2D eigenvalue weighted by Gasteiger charge is 2.20. The van der Waals surface area contributed by atoms with Crippen LogP contribution in [-0.2, 0) is 9.53 Å². The molecule has 2 rings (SSSR count). The van der Waals surface area contributed by atoms with Gasteiger partial charge in [0.15, 0.2) is 6.61 Å². The highest BCUT2D eigenvalue weighted by Crippen LogP contribution is 2.35. The number of aryl methyl sites for hydroxylation is 2. The smallest absolute Gasteiger partial charge is 0.351 e. The zero-order chi connectivity index (χ0) is 17.9. The van der Waals surface area contributed by atoms with Crippen molar-refractivity contribution in [2.24, 2.45) is 5.92 Å². The SMILES string of the molecule is Cc1cc(C)c2c(N)c(C(=O)OCC(=O)NCCC(C)C)sc2n1. The van der Waals surface area contributed by atoms with Gasteiger partial charge in [-0.25, -0.2) is 9.78 Å². The molecule has 2 heterocycles. The second-order valence-corrected chi connectivity index (χ2v) is 7.21. The minimum Gasteiger partial charge on any atom is -0.451 e. The maximum atomic E-state index is 12.2. The van der Waals surface area contributed by atoms with Crippen LogP contribution in [0, 0.1) is 19.8 Å². The summed E-state index contributed by atoms with van der Waals surface area (Å²) in [5.41, 5.74) is 8.28. The molecule has 0 aliphatic heterocycles. The number of hydrogen-bond acceptors (Lipinski definition) is 6. The summed E-state index contributed by atoms with van der Waals surface area (Å²) >= 11 is 1.19. The van der Waals surface area contributed by atoms with Crippen LogP contribution in [0.15, 0.2) is 6.07 Å². The Morgan fingerprint density at radius 1 is 1.38 bits per heavy atom. The fourth-order valence-corrected chi connectivity index (χ4v) is 3.48. The van der Waals surface area contributed by atoms with E-state index >= 15 is 0 Å². The Kier molecular flexibility index (Phi) is 5.77. The van der Waals surface area contributed by atoms with Gasteiger partial charge >= 0.3 is 5.97 Å². The molecule has 6 nitrogen and oxygen atoms in total. The van der Waals surface area contributed by atoms with E-state index < -0.39 is 5.97 Å². The van der Waals surface area contributed by atoms with Gasteiger partial charge in [0.25, 0.3) is 5.91 Å². The van der Waals surface area contributed by atoms with Crippen molar-refractivity contribution in [3.8, 4) is 0 Å². The van der Waals surface area contributed by atoms with Crippen molar-refractivity contribution in [3.63, 3.8) is 0 Å². The molecule has 0 spiro atoms. The molecule has 0 aromatic carbocycles. The highest BCUT2D eigenvalue weighted by molar-refractivity contribution is 7.21. The molecule has 0 radical (unpaired) electrons. The number of thiophene rings is 1. The number of anilines is 1. The monoisotopic (exact) mass is 349 g/mol. The molecule has 0 aliphatic carbocycles. The van der Waals surface area contributed by atoms with Crippen LogP contribution in [0.3, 0.4) is 0 Å². The maximum absolute atomic E-state index is 12.2. The van der Waals surface area contributed by atoms with E-state index in [1.807, 2.05) is 19.9 Å². The molecule has 0 atom stereocenters. The average Bonchev–Trinajstić information content (AvgIpc) is 2.81. The first-order chi connectivity index (χ1) is 11.3. The Bertz CT molecular complexity index is 768. The van der Waals surface area contributed by atoms with Crippen LogP contribution < -0.4 is 11.1 Å². The highest BCUT2D eigenvalue weighted by atomic mass is 32.1. The van der Waals surface area contributed by atoms with E-state index in [4.69, 9.17) is 10.5 Å². The minimum absolute atomic E-state index is 0.293. The third-order valence-electron chi connectivity index (χ3n) is 3.59. The van der Waals surface area contributed by atoms with Gasteiger partial charge in [-0.3, -0.25) is 4.79 Å². The number of nitrogens with one attached hydrogen (secondary N) is 1. The molecule has 3 N–H and O–H groups in total. The van der Waals surface area contributed by atoms with Gasteiger partial charge in [-0.15, -0.1) is 11.3 Å². The number of nitrogens with zero attached hydrogens (tertiary/aromatic N) is 1. The van der Waals surface area contributed by atoms with Crippen molar-refractivity contribution in [1.82, 2.24) is 10.3 Å². The number of esters is 1. The molecule has 2 aromatic rings. The summed E-state index contributed by atoms with van der Waals surface area (Å²) in [5, 5.41) is 3.50. The number of pyridine rings is 1. The predicted molar refractivity (Wildman–Crippen MR) is 96.3 cm³/mol. The van der Waals surface area contributed by atoms with Crippen LogP contribution in [0.2, 0.25) is 0 Å². The van der Waals surface area contributed by atoms with Gasteiger partial charge in [0.05, 0.1) is 5.69 Å². The summed E-state index contributed by atoms with van der Waals surface area (Å²) in [5.74, 6) is -0.397. The molecular weight excluding hydrogens is 326 g/mol. The predicted octanol–water partition coefficient (Wildman–Crippen LogP) is 2.81. The van der Waals surface area contributed by atoms with Crippen molar-refractivity contribution < 1.29 is 14.3 Å². The molecular formula is C17H23N3O3S. The summed E-state index contributed by atoms with van der Waals surface area (Å²) in [6, 6.07) is 1.92. The molecule has 24 heavy (non-hydrogen) atoms. The molecule has 0 saturated heterocycles. The zero-order valence-electron chi connectivity index (χ0n) is 14.4. The normalized spacial score (nSPS) is 11.0. The molecule has 0 aliphatic rings. The number of ether oxygens (including phenoxy) is 1. The number of nitrogens with two attached hydrogens (primary N) is 1. The van der Waals surface area contributed by atoms with Crippen molar-refractivity contribution in [3.05, 3.63) is 22.2 Å². The van der Waals surface area contributed by atoms with Crippen LogP contribution >= 0.6 is 11.3 Å². The average molecular weight is 349 g/mol. The topological polar surface area (TPSA) is 94.3 Å². The summed E-state index contributed by atoms with van der Waals surface area (Å²) in [6.07, 6.45) is 0.882. The number of carbonyl (C=O) groups is 2. The second-order valence-electron chi connectivity index (χ2n) is 6.21. The van der Waals surface area contributed by atoms with Gasteiger partial charge in [0.2, 0.25) is 0 Å². The first-order valence-electron chi connectivity index (χ1n) is 7.89. The zero-order valence-corrected chi connectivity index (χ0v) is 15.3. The number of aromatic nitrogens is 1. The number of rotatable bonds is 6. The van der Waals surface area contributed by atoms with E-state index in [1.165, 1.54) is 11.3 Å². The number of amides is 1. The third-order valence-corrected chi connectivity index (χ3v) is 4.67. The lowest BCUT2D eigenvalue weighted by Crippen LogP contribution is -2.30. The van der Waals surface area contributed by atoms with E-state index in [9.17, 15) is 9.59 Å². The van der Waals surface area contributed by atoms with Crippen molar-refractivity contribution in [1.29, 1.82) is 0 Å². The fraction of sp³-hybridized carbons (Fsp3) is 0.471. The van der Waals surface area contributed by atoms with Crippen LogP contribution in [0.1, 0.15) is 41.2 Å². The lowest BCUT2D eigenvalue weighted by molar-refractivity contribution is -0.124. The fourth-order valence-electron chi connectivity index (χ4n) is 2.37. The molecule has 0 fully saturated rings. The van der Waals surface area contributed by atoms with Gasteiger partial charge in [-0.2, -0.15) is 0 Å². The Balaban J connectivity index is 2.03. The Hall–Kier alpha value is -2.15. The van der Waals surface area contributed by atoms with Crippen LogP contribution in [0.4, 0.5) is 5.69 Å². The summed E-state index contributed by atoms with van der Waals surface area (Å²) in [7, 11) is 0. The number of fused-ring (bicyclic) bond motifs is 1. The van der Waals surface area contributed by atoms with Crippen molar-refractivity contribution in [2.75, 3.05) is 18.9 Å². The van der Waals surface area contributed by atoms with Gasteiger partial charge < -0.3 is 15.8 Å². The van der Waals surface area contributed by atoms with Gasteiger partial charge in [0.1, 0.15) is 9.71 Å². The lowest BCUT2D eigenvalue weighted by atomic mass is 10.1. The van der Waals surface area contributed by atoms with Gasteiger partial charge in [-0.1, -0.05) is 13.8 Å². The maximum Gasteiger partial charge on any atom is 0.351 e. The van der Waals surface area contributed by atoms with E-state index in [1.54, 1.807) is 0 Å². The molecule has 2 aromatic heterocycles. The standard InChI is InChI=1S/C17H23N3O3S/c1-9(2)5-6-19-12(21)8-23-17(22)15-14(18)13-10(3)7-11(4)20-16(13)24-15/h7,9H,5-6,8,18H2,1-4H3,(H,19,21). The van der Waals surface area contributed by atoms with Crippen molar-refractivity contribution >= 4 is 39.1 Å². The largest absolute Gasteiger partial charge is 0.451 e. The third kappa shape index (κ3) is 4.23. The van der Waals surface area contributed by atoms with Crippen LogP contribution in [0.25, 0.3) is 10.2 Å². The van der Waals surface area contributed by atoms with E-state index in [0.29, 0.717) is 27.9 Å². The van der Waals surface area contributed by atoms with Crippen LogP contribution in [0.5, 0.6) is 0 Å². The second kappa shape index (κ2) is 7.61. The molecule has 0 saturated carbocycles. The Morgan fingerprint density at radius 3 is 2.75 bits per heavy atom. The van der Waals surface area contributed by atoms with Gasteiger partial charge in [0, 0.05) is 17.6 Å². The molecule has 0 bridgehead atoms. The first-order valence-corrected chi connectivity index (χ1v) is 8.71. The minimum atomic E-state index is -0.591. The molecule has 0 unspecified atom stereocenters. The summed E-state index contributed by atoms with van der Waals surface area (Å²) < 4.78 is 5.08. The summed E-state index contributed by atoms with van der Waals surface area (Å²) in [6.45, 7) is 8.24. The Morgan fingerprint density at radius 2 is 2.08 bits per heavy atom. The van der Waals surface area contributed by atoms with Crippen molar-refractivity contribution in [2.45, 2.75) is 34.1 Å². The molecule has 130 valence electrons. The van der Waals surface area contributed by atoms with E-state index in [0.717, 1.165) is 23.1 Å². The number of hydrogen-bond donors (Lipinski definition) is 2. The van der Waals surface area contributed by atoms with E-state index in [-0.39, 0.29) is 12.5 Å². The van der Waals surface area contributed by atoms with Crippen LogP contribution in [-0.4, -0.2) is 30.0 Å². The quantitative estimate of drug-likeness (QED) is 0.782. The van der Waals surface area contributed by atoms with E-state index in [2.05, 4.69) is 24.1 Å². The number of nitrogen functional groups attached to an aromatic ring is 1. The summed E-state index contributed by atoms with van der Waals surface area (Å²) in [4.78, 5) is 29.3. The molecule has 7 heteroatoms. The first kappa shape index (κ1) is 18.2. The number of carbonyl (C=O) groups excluding carboxylic acids is 2. The van der Waals surface area contributed by atoms with Gasteiger partial charge in [-0.05, 0) is 37.8 Å². The Labute approximate surface area is 145 Å². The molecule has 1 amide bonds. The lowest BCUT2D eigenvalue weighted by Gasteiger charge is -2.07.